The average Bonchev–Trinajstić information content (AvgIpc) is 2.45. The van der Waals surface area contributed by atoms with Gasteiger partial charge in [0.1, 0.15) is 5.65 Å². The third kappa shape index (κ3) is 1.57. The third-order valence-electron chi connectivity index (χ3n) is 2.24. The summed E-state index contributed by atoms with van der Waals surface area (Å²) < 4.78 is 3.21. The SMILES string of the molecule is CC(C)(C)c1cnc2ccc(Br)cn12. The number of fused-ring (bicyclic) bond motifs is 1. The molecule has 0 N–H and O–H groups in total. The van der Waals surface area contributed by atoms with E-state index in [-0.39, 0.29) is 5.41 Å². The van der Waals surface area contributed by atoms with Gasteiger partial charge in [-0.1, -0.05) is 20.8 Å². The van der Waals surface area contributed by atoms with Crippen molar-refractivity contribution >= 4 is 21.6 Å². The molecule has 74 valence electrons. The molecule has 0 saturated heterocycles. The Balaban J connectivity index is 2.73. The lowest BCUT2D eigenvalue weighted by Crippen LogP contribution is -2.13. The zero-order chi connectivity index (χ0) is 10.3. The molecule has 0 atom stereocenters. The first-order valence-electron chi connectivity index (χ1n) is 4.61. The number of halogens is 1. The molecular weight excluding hydrogens is 240 g/mol. The van der Waals surface area contributed by atoms with Crippen LogP contribution in [0.1, 0.15) is 26.5 Å². The lowest BCUT2D eigenvalue weighted by molar-refractivity contribution is 0.563. The van der Waals surface area contributed by atoms with Crippen LogP contribution < -0.4 is 0 Å². The van der Waals surface area contributed by atoms with E-state index in [0.717, 1.165) is 10.1 Å². The van der Waals surface area contributed by atoms with Crippen molar-refractivity contribution in [2.75, 3.05) is 0 Å². The first-order valence-corrected chi connectivity index (χ1v) is 5.41. The summed E-state index contributed by atoms with van der Waals surface area (Å²) >= 11 is 3.47. The number of hydrogen-bond acceptors (Lipinski definition) is 1. The Bertz CT molecular complexity index is 466. The van der Waals surface area contributed by atoms with Crippen LogP contribution in [-0.4, -0.2) is 9.38 Å². The van der Waals surface area contributed by atoms with Crippen molar-refractivity contribution in [2.24, 2.45) is 0 Å². The monoisotopic (exact) mass is 252 g/mol. The Hall–Kier alpha value is -0.830. The summed E-state index contributed by atoms with van der Waals surface area (Å²) in [5, 5.41) is 0. The molecule has 0 amide bonds. The Labute approximate surface area is 92.1 Å². The van der Waals surface area contributed by atoms with E-state index in [1.54, 1.807) is 0 Å². The van der Waals surface area contributed by atoms with Crippen molar-refractivity contribution in [3.05, 3.63) is 34.7 Å². The molecule has 2 heterocycles. The van der Waals surface area contributed by atoms with Gasteiger partial charge in [-0.25, -0.2) is 4.98 Å². The average molecular weight is 253 g/mol. The van der Waals surface area contributed by atoms with Gasteiger partial charge in [0, 0.05) is 28.0 Å². The van der Waals surface area contributed by atoms with Gasteiger partial charge in [-0.3, -0.25) is 0 Å². The van der Waals surface area contributed by atoms with Crippen molar-refractivity contribution in [1.82, 2.24) is 9.38 Å². The summed E-state index contributed by atoms with van der Waals surface area (Å²) in [4.78, 5) is 4.37. The van der Waals surface area contributed by atoms with Gasteiger partial charge in [0.15, 0.2) is 0 Å². The van der Waals surface area contributed by atoms with Gasteiger partial charge >= 0.3 is 0 Å². The van der Waals surface area contributed by atoms with Crippen LogP contribution in [0.25, 0.3) is 5.65 Å². The lowest BCUT2D eigenvalue weighted by atomic mass is 9.93. The highest BCUT2D eigenvalue weighted by Gasteiger charge is 2.18. The Kier molecular flexibility index (Phi) is 2.14. The molecule has 3 heteroatoms. The molecule has 0 fully saturated rings. The number of nitrogens with zero attached hydrogens (tertiary/aromatic N) is 2. The molecule has 0 aliphatic rings. The van der Waals surface area contributed by atoms with Crippen molar-refractivity contribution in [1.29, 1.82) is 0 Å². The van der Waals surface area contributed by atoms with Crippen LogP contribution in [-0.2, 0) is 5.41 Å². The number of rotatable bonds is 0. The summed E-state index contributed by atoms with van der Waals surface area (Å²) in [5.74, 6) is 0. The van der Waals surface area contributed by atoms with Crippen molar-refractivity contribution in [3.8, 4) is 0 Å². The van der Waals surface area contributed by atoms with Crippen LogP contribution in [0.15, 0.2) is 29.0 Å². The minimum absolute atomic E-state index is 0.125. The van der Waals surface area contributed by atoms with E-state index in [0.29, 0.717) is 0 Å². The smallest absolute Gasteiger partial charge is 0.136 e. The first-order chi connectivity index (χ1) is 6.48. The number of aromatic nitrogens is 2. The van der Waals surface area contributed by atoms with E-state index in [9.17, 15) is 0 Å². The van der Waals surface area contributed by atoms with Gasteiger partial charge in [-0.2, -0.15) is 0 Å². The number of pyridine rings is 1. The predicted molar refractivity (Wildman–Crippen MR) is 61.6 cm³/mol. The van der Waals surface area contributed by atoms with Gasteiger partial charge < -0.3 is 4.40 Å². The minimum atomic E-state index is 0.125. The number of hydrogen-bond donors (Lipinski definition) is 0. The second-order valence-electron chi connectivity index (χ2n) is 4.47. The summed E-state index contributed by atoms with van der Waals surface area (Å²) in [5.41, 5.74) is 2.35. The molecule has 2 nitrogen and oxygen atoms in total. The molecule has 0 aromatic carbocycles. The summed E-state index contributed by atoms with van der Waals surface area (Å²) in [6.07, 6.45) is 4.00. The molecular formula is C11H13BrN2. The Morgan fingerprint density at radius 2 is 2.00 bits per heavy atom. The Morgan fingerprint density at radius 1 is 1.29 bits per heavy atom. The molecule has 0 bridgehead atoms. The molecule has 0 radical (unpaired) electrons. The molecule has 0 aliphatic heterocycles. The molecule has 0 saturated carbocycles. The fourth-order valence-electron chi connectivity index (χ4n) is 1.51. The summed E-state index contributed by atoms with van der Waals surface area (Å²) in [6.45, 7) is 6.58. The molecule has 14 heavy (non-hydrogen) atoms. The van der Waals surface area contributed by atoms with E-state index in [2.05, 4.69) is 52.3 Å². The summed E-state index contributed by atoms with van der Waals surface area (Å²) in [6, 6.07) is 4.02. The van der Waals surface area contributed by atoms with Crippen molar-refractivity contribution in [2.45, 2.75) is 26.2 Å². The van der Waals surface area contributed by atoms with E-state index in [1.165, 1.54) is 5.69 Å². The Morgan fingerprint density at radius 3 is 2.64 bits per heavy atom. The maximum atomic E-state index is 4.37. The second kappa shape index (κ2) is 3.09. The van der Waals surface area contributed by atoms with E-state index in [1.807, 2.05) is 18.3 Å². The zero-order valence-corrected chi connectivity index (χ0v) is 10.2. The maximum absolute atomic E-state index is 4.37. The molecule has 0 unspecified atom stereocenters. The quantitative estimate of drug-likeness (QED) is 0.703. The normalized spacial score (nSPS) is 12.3. The van der Waals surface area contributed by atoms with E-state index >= 15 is 0 Å². The molecule has 0 spiro atoms. The highest BCUT2D eigenvalue weighted by molar-refractivity contribution is 9.10. The van der Waals surface area contributed by atoms with Crippen molar-refractivity contribution < 1.29 is 0 Å². The first kappa shape index (κ1) is 9.71. The van der Waals surface area contributed by atoms with Crippen LogP contribution in [0.3, 0.4) is 0 Å². The van der Waals surface area contributed by atoms with Gasteiger partial charge in [-0.15, -0.1) is 0 Å². The topological polar surface area (TPSA) is 17.3 Å². The van der Waals surface area contributed by atoms with Crippen LogP contribution in [0.5, 0.6) is 0 Å². The van der Waals surface area contributed by atoms with Gasteiger partial charge in [0.05, 0.1) is 0 Å². The highest BCUT2D eigenvalue weighted by atomic mass is 79.9. The largest absolute Gasteiger partial charge is 0.302 e. The molecule has 2 aromatic rings. The van der Waals surface area contributed by atoms with Crippen molar-refractivity contribution in [3.63, 3.8) is 0 Å². The lowest BCUT2D eigenvalue weighted by Gasteiger charge is -2.17. The van der Waals surface area contributed by atoms with Crippen LogP contribution in [0.4, 0.5) is 0 Å². The van der Waals surface area contributed by atoms with Crippen LogP contribution >= 0.6 is 15.9 Å². The summed E-state index contributed by atoms with van der Waals surface area (Å²) in [7, 11) is 0. The fraction of sp³-hybridized carbons (Fsp3) is 0.364. The molecule has 2 aromatic heterocycles. The highest BCUT2D eigenvalue weighted by Crippen LogP contribution is 2.24. The zero-order valence-electron chi connectivity index (χ0n) is 8.58. The number of imidazole rings is 1. The van der Waals surface area contributed by atoms with E-state index < -0.39 is 0 Å². The van der Waals surface area contributed by atoms with Gasteiger partial charge in [-0.05, 0) is 28.1 Å². The third-order valence-corrected chi connectivity index (χ3v) is 2.71. The van der Waals surface area contributed by atoms with E-state index in [4.69, 9.17) is 0 Å². The van der Waals surface area contributed by atoms with Gasteiger partial charge in [0.25, 0.3) is 0 Å². The van der Waals surface area contributed by atoms with Gasteiger partial charge in [0.2, 0.25) is 0 Å². The standard InChI is InChI=1S/C11H13BrN2/c1-11(2,3)9-6-13-10-5-4-8(12)7-14(9)10/h4-7H,1-3H3. The second-order valence-corrected chi connectivity index (χ2v) is 5.38. The van der Waals surface area contributed by atoms with Crippen LogP contribution in [0, 0.1) is 0 Å². The van der Waals surface area contributed by atoms with Crippen LogP contribution in [0.2, 0.25) is 0 Å². The fourth-order valence-corrected chi connectivity index (χ4v) is 1.85. The molecule has 0 aliphatic carbocycles. The maximum Gasteiger partial charge on any atom is 0.136 e. The minimum Gasteiger partial charge on any atom is -0.302 e. The predicted octanol–water partition coefficient (Wildman–Crippen LogP) is 3.39. The molecule has 2 rings (SSSR count).